The van der Waals surface area contributed by atoms with Crippen molar-refractivity contribution < 1.29 is 19.1 Å². The van der Waals surface area contributed by atoms with Gasteiger partial charge >= 0.3 is 5.97 Å². The van der Waals surface area contributed by atoms with Gasteiger partial charge in [-0.3, -0.25) is 4.48 Å². The van der Waals surface area contributed by atoms with Crippen LogP contribution in [-0.2, 0) is 21.6 Å². The molecule has 35 heavy (non-hydrogen) atoms. The summed E-state index contributed by atoms with van der Waals surface area (Å²) in [7, 11) is 0. The van der Waals surface area contributed by atoms with Crippen molar-refractivity contribution in [1.82, 2.24) is 0 Å². The molecule has 1 aliphatic carbocycles. The number of quaternary nitrogens is 1. The van der Waals surface area contributed by atoms with E-state index >= 15 is 0 Å². The molecule has 4 aliphatic rings. The highest BCUT2D eigenvalue weighted by Gasteiger charge is 2.54. The van der Waals surface area contributed by atoms with Crippen LogP contribution in [0.25, 0.3) is 11.1 Å². The summed E-state index contributed by atoms with van der Waals surface area (Å²) in [5, 5.41) is 11.9. The summed E-state index contributed by atoms with van der Waals surface area (Å²) >= 11 is 0. The van der Waals surface area contributed by atoms with E-state index in [1.807, 2.05) is 48.5 Å². The second-order valence-corrected chi connectivity index (χ2v) is 10.7. The van der Waals surface area contributed by atoms with Gasteiger partial charge in [0.1, 0.15) is 0 Å². The topological polar surface area (TPSA) is 46.5 Å². The van der Waals surface area contributed by atoms with Gasteiger partial charge in [0.2, 0.25) is 11.8 Å². The SMILES string of the molecule is O=C(O[C@@H]1CC2CC[N+]1(CCCCc1ccccc1)CC2)C1(O)c2ccccc2-c2ccccc21. The number of hydrogen-bond acceptors (Lipinski definition) is 3. The molecule has 0 unspecified atom stereocenters. The van der Waals surface area contributed by atoms with Crippen LogP contribution < -0.4 is 0 Å². The lowest BCUT2D eigenvalue weighted by atomic mass is 9.83. The van der Waals surface area contributed by atoms with Crippen molar-refractivity contribution in [1.29, 1.82) is 0 Å². The van der Waals surface area contributed by atoms with Crippen LogP contribution in [0, 0.1) is 5.92 Å². The number of fused-ring (bicyclic) bond motifs is 6. The zero-order valence-corrected chi connectivity index (χ0v) is 20.2. The lowest BCUT2D eigenvalue weighted by Crippen LogP contribution is -2.66. The highest BCUT2D eigenvalue weighted by molar-refractivity contribution is 5.96. The fraction of sp³-hybridized carbons (Fsp3) is 0.387. The van der Waals surface area contributed by atoms with Crippen molar-refractivity contribution in [2.75, 3.05) is 19.6 Å². The second-order valence-electron chi connectivity index (χ2n) is 10.7. The maximum atomic E-state index is 13.8. The number of aryl methyl sites for hydroxylation is 1. The number of carbonyl (C=O) groups is 1. The van der Waals surface area contributed by atoms with Crippen LogP contribution in [0.2, 0.25) is 0 Å². The van der Waals surface area contributed by atoms with E-state index in [0.717, 1.165) is 60.9 Å². The first-order chi connectivity index (χ1) is 17.1. The Balaban J connectivity index is 1.21. The van der Waals surface area contributed by atoms with Crippen LogP contribution in [0.3, 0.4) is 0 Å². The van der Waals surface area contributed by atoms with Gasteiger partial charge in [0, 0.05) is 30.4 Å². The summed E-state index contributed by atoms with van der Waals surface area (Å²) < 4.78 is 7.19. The van der Waals surface area contributed by atoms with Crippen molar-refractivity contribution in [2.24, 2.45) is 5.92 Å². The second kappa shape index (κ2) is 8.92. The fourth-order valence-electron chi connectivity index (χ4n) is 6.74. The van der Waals surface area contributed by atoms with Gasteiger partial charge < -0.3 is 9.84 Å². The van der Waals surface area contributed by atoms with E-state index in [-0.39, 0.29) is 6.23 Å². The van der Waals surface area contributed by atoms with Crippen LogP contribution in [0.15, 0.2) is 78.9 Å². The predicted molar refractivity (Wildman–Crippen MR) is 136 cm³/mol. The number of piperidine rings is 3. The first kappa shape index (κ1) is 22.5. The number of rotatable bonds is 7. The molecule has 3 aromatic carbocycles. The molecule has 3 aromatic rings. The van der Waals surface area contributed by atoms with Gasteiger partial charge in [0.05, 0.1) is 19.6 Å². The van der Waals surface area contributed by atoms with Crippen molar-refractivity contribution in [2.45, 2.75) is 50.4 Å². The largest absolute Gasteiger partial charge is 0.410 e. The van der Waals surface area contributed by atoms with E-state index in [1.54, 1.807) is 0 Å². The molecule has 7 rings (SSSR count). The molecular formula is C31H34NO3+. The first-order valence-electron chi connectivity index (χ1n) is 13.1. The van der Waals surface area contributed by atoms with E-state index in [4.69, 9.17) is 4.74 Å². The molecule has 3 saturated heterocycles. The molecule has 0 aromatic heterocycles. The average Bonchev–Trinajstić information content (AvgIpc) is 3.18. The molecule has 0 radical (unpaired) electrons. The van der Waals surface area contributed by atoms with Crippen molar-refractivity contribution >= 4 is 5.97 Å². The summed E-state index contributed by atoms with van der Waals surface area (Å²) in [5.41, 5.74) is 2.74. The molecule has 1 atom stereocenters. The van der Waals surface area contributed by atoms with E-state index in [0.29, 0.717) is 17.0 Å². The third-order valence-corrected chi connectivity index (χ3v) is 8.74. The molecule has 3 fully saturated rings. The van der Waals surface area contributed by atoms with Gasteiger partial charge in [0.25, 0.3) is 0 Å². The molecule has 4 nitrogen and oxygen atoms in total. The maximum absolute atomic E-state index is 13.8. The first-order valence-corrected chi connectivity index (χ1v) is 13.1. The number of aliphatic hydroxyl groups is 1. The number of esters is 1. The van der Waals surface area contributed by atoms with Crippen LogP contribution >= 0.6 is 0 Å². The number of benzene rings is 3. The Morgan fingerprint density at radius 1 is 0.857 bits per heavy atom. The Morgan fingerprint density at radius 3 is 2.11 bits per heavy atom. The Hall–Kier alpha value is -2.95. The molecular weight excluding hydrogens is 434 g/mol. The zero-order chi connectivity index (χ0) is 23.9. The highest BCUT2D eigenvalue weighted by atomic mass is 16.6. The van der Waals surface area contributed by atoms with Gasteiger partial charge in [-0.25, -0.2) is 4.79 Å². The van der Waals surface area contributed by atoms with Gasteiger partial charge in [-0.1, -0.05) is 78.9 Å². The average molecular weight is 469 g/mol. The Labute approximate surface area is 207 Å². The minimum atomic E-state index is -1.75. The standard InChI is InChI=1S/C31H34NO3/c33-30(31(34)27-15-6-4-13-25(27)26-14-5-7-16-28(26)31)35-29-22-24-17-20-32(29,21-18-24)19-9-8-12-23-10-2-1-3-11-23/h1-7,10-11,13-16,24,29,34H,8-9,12,17-22H2/q+1/t24?,29-,32?/m1/s1. The van der Waals surface area contributed by atoms with Crippen LogP contribution in [0.4, 0.5) is 0 Å². The fourth-order valence-corrected chi connectivity index (χ4v) is 6.74. The number of unbranched alkanes of at least 4 members (excludes halogenated alkanes) is 1. The quantitative estimate of drug-likeness (QED) is 0.286. The Morgan fingerprint density at radius 2 is 1.46 bits per heavy atom. The van der Waals surface area contributed by atoms with E-state index < -0.39 is 11.6 Å². The normalized spacial score (nSPS) is 25.6. The molecule has 3 heterocycles. The summed E-state index contributed by atoms with van der Waals surface area (Å²) in [6.07, 6.45) is 6.49. The Kier molecular flexibility index (Phi) is 5.74. The van der Waals surface area contributed by atoms with E-state index in [1.165, 1.54) is 18.4 Å². The Bertz CT molecular complexity index is 1170. The van der Waals surface area contributed by atoms with E-state index in [2.05, 4.69) is 30.3 Å². The summed E-state index contributed by atoms with van der Waals surface area (Å²) in [6.45, 7) is 3.17. The number of hydrogen-bond donors (Lipinski definition) is 1. The van der Waals surface area contributed by atoms with Gasteiger partial charge in [0.15, 0.2) is 0 Å². The lowest BCUT2D eigenvalue weighted by Gasteiger charge is -2.53. The molecule has 1 N–H and O–H groups in total. The minimum Gasteiger partial charge on any atom is -0.410 e. The van der Waals surface area contributed by atoms with Crippen LogP contribution in [0.1, 0.15) is 48.8 Å². The van der Waals surface area contributed by atoms with Crippen LogP contribution in [0.5, 0.6) is 0 Å². The summed E-state index contributed by atoms with van der Waals surface area (Å²) in [5.74, 6) is 0.101. The molecule has 2 bridgehead atoms. The molecule has 0 saturated carbocycles. The smallest absolute Gasteiger partial charge is 0.352 e. The number of nitrogens with zero attached hydrogens (tertiary/aromatic N) is 1. The van der Waals surface area contributed by atoms with Crippen LogP contribution in [-0.4, -0.2) is 41.4 Å². The summed E-state index contributed by atoms with van der Waals surface area (Å²) in [6, 6.07) is 26.0. The summed E-state index contributed by atoms with van der Waals surface area (Å²) in [4.78, 5) is 13.8. The third kappa shape index (κ3) is 3.80. The molecule has 4 heteroatoms. The minimum absolute atomic E-state index is 0.171. The molecule has 180 valence electrons. The van der Waals surface area contributed by atoms with E-state index in [9.17, 15) is 9.90 Å². The predicted octanol–water partition coefficient (Wildman–Crippen LogP) is 5.43. The maximum Gasteiger partial charge on any atom is 0.352 e. The van der Waals surface area contributed by atoms with Crippen molar-refractivity contribution in [3.63, 3.8) is 0 Å². The lowest BCUT2D eigenvalue weighted by molar-refractivity contribution is -0.984. The third-order valence-electron chi connectivity index (χ3n) is 8.74. The molecule has 0 amide bonds. The number of carbonyl (C=O) groups excluding carboxylic acids is 1. The monoisotopic (exact) mass is 468 g/mol. The van der Waals surface area contributed by atoms with Gasteiger partial charge in [-0.15, -0.1) is 0 Å². The van der Waals surface area contributed by atoms with Crippen molar-refractivity contribution in [3.8, 4) is 11.1 Å². The zero-order valence-electron chi connectivity index (χ0n) is 20.2. The van der Waals surface area contributed by atoms with Gasteiger partial charge in [-0.2, -0.15) is 0 Å². The highest BCUT2D eigenvalue weighted by Crippen LogP contribution is 2.49. The molecule has 0 spiro atoms. The van der Waals surface area contributed by atoms with Crippen molar-refractivity contribution in [3.05, 3.63) is 95.6 Å². The molecule has 3 aliphatic heterocycles. The number of ether oxygens (including phenoxy) is 1. The van der Waals surface area contributed by atoms with Gasteiger partial charge in [-0.05, 0) is 41.9 Å².